The number of carbonyl (C=O) groups excluding carboxylic acids is 1. The van der Waals surface area contributed by atoms with Crippen LogP contribution in [0.15, 0.2) is 35.1 Å². The molecule has 0 radical (unpaired) electrons. The van der Waals surface area contributed by atoms with E-state index in [1.807, 2.05) is 6.07 Å². The normalized spacial score (nSPS) is 9.65. The zero-order chi connectivity index (χ0) is 12.3. The average Bonchev–Trinajstić information content (AvgIpc) is 2.83. The van der Waals surface area contributed by atoms with Gasteiger partial charge in [-0.2, -0.15) is 5.26 Å². The Kier molecular flexibility index (Phi) is 3.08. The summed E-state index contributed by atoms with van der Waals surface area (Å²) >= 11 is 5.79. The van der Waals surface area contributed by atoms with Crippen molar-refractivity contribution in [1.29, 1.82) is 5.26 Å². The summed E-state index contributed by atoms with van der Waals surface area (Å²) in [6, 6.07) is 7.98. The summed E-state index contributed by atoms with van der Waals surface area (Å²) in [6.45, 7) is 0. The molecule has 0 spiro atoms. The van der Waals surface area contributed by atoms with Crippen LogP contribution in [0.4, 0.5) is 5.69 Å². The van der Waals surface area contributed by atoms with Crippen molar-refractivity contribution in [2.45, 2.75) is 0 Å². The van der Waals surface area contributed by atoms with Crippen molar-refractivity contribution in [3.63, 3.8) is 0 Å². The second-order valence-corrected chi connectivity index (χ2v) is 3.58. The number of carbonyl (C=O) groups is 1. The summed E-state index contributed by atoms with van der Waals surface area (Å²) in [5, 5.41) is 15.3. The van der Waals surface area contributed by atoms with E-state index in [-0.39, 0.29) is 5.69 Å². The first kappa shape index (κ1) is 11.2. The van der Waals surface area contributed by atoms with Crippen LogP contribution in [0.1, 0.15) is 16.1 Å². The Morgan fingerprint density at radius 3 is 2.94 bits per heavy atom. The van der Waals surface area contributed by atoms with Gasteiger partial charge in [0, 0.05) is 11.1 Å². The lowest BCUT2D eigenvalue weighted by Crippen LogP contribution is -2.13. The van der Waals surface area contributed by atoms with Crippen LogP contribution in [0.3, 0.4) is 0 Å². The molecular weight excluding hydrogens is 242 g/mol. The van der Waals surface area contributed by atoms with Gasteiger partial charge in [0.2, 0.25) is 0 Å². The molecule has 1 N–H and O–H groups in total. The first-order chi connectivity index (χ1) is 8.20. The van der Waals surface area contributed by atoms with Crippen LogP contribution in [-0.4, -0.2) is 11.1 Å². The van der Waals surface area contributed by atoms with Gasteiger partial charge in [-0.15, -0.1) is 0 Å². The number of nitrogens with zero attached hydrogens (tertiary/aromatic N) is 2. The average molecular weight is 248 g/mol. The molecule has 1 heterocycles. The van der Waals surface area contributed by atoms with E-state index in [0.717, 1.165) is 0 Å². The van der Waals surface area contributed by atoms with Crippen molar-refractivity contribution in [2.75, 3.05) is 5.32 Å². The molecule has 0 saturated heterocycles. The number of halogens is 1. The van der Waals surface area contributed by atoms with E-state index in [4.69, 9.17) is 16.9 Å². The molecule has 17 heavy (non-hydrogen) atoms. The molecule has 0 aliphatic carbocycles. The van der Waals surface area contributed by atoms with Crippen molar-refractivity contribution in [2.24, 2.45) is 0 Å². The van der Waals surface area contributed by atoms with E-state index in [1.54, 1.807) is 6.07 Å². The van der Waals surface area contributed by atoms with Crippen LogP contribution in [0.2, 0.25) is 5.02 Å². The molecule has 1 aromatic heterocycles. The maximum absolute atomic E-state index is 11.7. The molecule has 84 valence electrons. The van der Waals surface area contributed by atoms with E-state index in [1.165, 1.54) is 24.5 Å². The number of nitrogens with one attached hydrogen (secondary N) is 1. The first-order valence-corrected chi connectivity index (χ1v) is 5.00. The molecule has 1 aromatic carbocycles. The molecule has 0 bridgehead atoms. The highest BCUT2D eigenvalue weighted by Crippen LogP contribution is 2.20. The number of amides is 1. The van der Waals surface area contributed by atoms with Crippen molar-refractivity contribution < 1.29 is 9.32 Å². The molecule has 0 saturated carbocycles. The van der Waals surface area contributed by atoms with Gasteiger partial charge < -0.3 is 9.84 Å². The lowest BCUT2D eigenvalue weighted by Gasteiger charge is -2.05. The zero-order valence-electron chi connectivity index (χ0n) is 8.48. The minimum atomic E-state index is -0.461. The van der Waals surface area contributed by atoms with Crippen molar-refractivity contribution in [3.05, 3.63) is 46.8 Å². The van der Waals surface area contributed by atoms with Gasteiger partial charge in [-0.05, 0) is 18.2 Å². The Morgan fingerprint density at radius 1 is 1.47 bits per heavy atom. The Labute approximate surface area is 102 Å². The molecule has 0 aliphatic heterocycles. The van der Waals surface area contributed by atoms with Gasteiger partial charge >= 0.3 is 0 Å². The molecule has 0 fully saturated rings. The quantitative estimate of drug-likeness (QED) is 0.884. The third-order valence-corrected chi connectivity index (χ3v) is 2.26. The molecule has 5 nitrogen and oxygen atoms in total. The first-order valence-electron chi connectivity index (χ1n) is 4.62. The Bertz CT molecular complexity index is 587. The van der Waals surface area contributed by atoms with Crippen LogP contribution in [0.25, 0.3) is 0 Å². The van der Waals surface area contributed by atoms with Gasteiger partial charge in [0.25, 0.3) is 5.91 Å². The van der Waals surface area contributed by atoms with Gasteiger partial charge in [-0.25, -0.2) is 0 Å². The fourth-order valence-corrected chi connectivity index (χ4v) is 1.41. The largest absolute Gasteiger partial charge is 0.364 e. The summed E-state index contributed by atoms with van der Waals surface area (Å²) in [7, 11) is 0. The summed E-state index contributed by atoms with van der Waals surface area (Å²) in [5.41, 5.74) is 0.799. The van der Waals surface area contributed by atoms with E-state index >= 15 is 0 Å². The highest BCUT2D eigenvalue weighted by molar-refractivity contribution is 6.31. The standard InChI is InChI=1S/C11H6ClN3O2/c12-8-2-1-7(6-13)10(5-8)14-11(16)9-3-4-17-15-9/h1-5H,(H,14,16). The number of anilines is 1. The number of hydrogen-bond donors (Lipinski definition) is 1. The number of nitriles is 1. The Hall–Kier alpha value is -2.32. The van der Waals surface area contributed by atoms with E-state index in [9.17, 15) is 4.79 Å². The van der Waals surface area contributed by atoms with Crippen LogP contribution < -0.4 is 5.32 Å². The molecule has 0 unspecified atom stereocenters. The fraction of sp³-hybridized carbons (Fsp3) is 0. The lowest BCUT2D eigenvalue weighted by atomic mass is 10.2. The Balaban J connectivity index is 2.27. The molecule has 0 aliphatic rings. The number of aromatic nitrogens is 1. The molecule has 1 amide bonds. The predicted molar refractivity (Wildman–Crippen MR) is 60.6 cm³/mol. The third-order valence-electron chi connectivity index (χ3n) is 2.02. The molecular formula is C11H6ClN3O2. The highest BCUT2D eigenvalue weighted by Gasteiger charge is 2.11. The Morgan fingerprint density at radius 2 is 2.29 bits per heavy atom. The van der Waals surface area contributed by atoms with Crippen molar-refractivity contribution in [1.82, 2.24) is 5.16 Å². The summed E-state index contributed by atoms with van der Waals surface area (Å²) < 4.78 is 4.55. The van der Waals surface area contributed by atoms with E-state index in [2.05, 4.69) is 15.0 Å². The number of hydrogen-bond acceptors (Lipinski definition) is 4. The van der Waals surface area contributed by atoms with Crippen LogP contribution in [0, 0.1) is 11.3 Å². The SMILES string of the molecule is N#Cc1ccc(Cl)cc1NC(=O)c1ccon1. The maximum Gasteiger partial charge on any atom is 0.277 e. The van der Waals surface area contributed by atoms with Crippen molar-refractivity contribution >= 4 is 23.2 Å². The van der Waals surface area contributed by atoms with Crippen molar-refractivity contribution in [3.8, 4) is 6.07 Å². The smallest absolute Gasteiger partial charge is 0.277 e. The maximum atomic E-state index is 11.7. The third kappa shape index (κ3) is 2.44. The van der Waals surface area contributed by atoms with Gasteiger partial charge in [0.05, 0.1) is 11.3 Å². The molecule has 2 aromatic rings. The molecule has 2 rings (SSSR count). The summed E-state index contributed by atoms with van der Waals surface area (Å²) in [6.07, 6.45) is 1.29. The number of rotatable bonds is 2. The fourth-order valence-electron chi connectivity index (χ4n) is 1.23. The van der Waals surface area contributed by atoms with Crippen LogP contribution in [0.5, 0.6) is 0 Å². The zero-order valence-corrected chi connectivity index (χ0v) is 9.23. The topological polar surface area (TPSA) is 78.9 Å². The summed E-state index contributed by atoms with van der Waals surface area (Å²) in [4.78, 5) is 11.7. The molecule has 6 heteroatoms. The van der Waals surface area contributed by atoms with Crippen LogP contribution >= 0.6 is 11.6 Å². The second kappa shape index (κ2) is 4.68. The second-order valence-electron chi connectivity index (χ2n) is 3.14. The minimum absolute atomic E-state index is 0.133. The molecule has 0 atom stereocenters. The van der Waals surface area contributed by atoms with Crippen LogP contribution in [-0.2, 0) is 0 Å². The summed E-state index contributed by atoms with van der Waals surface area (Å²) in [5.74, 6) is -0.461. The highest BCUT2D eigenvalue weighted by atomic mass is 35.5. The van der Waals surface area contributed by atoms with Gasteiger partial charge in [0.15, 0.2) is 5.69 Å². The predicted octanol–water partition coefficient (Wildman–Crippen LogP) is 2.45. The monoisotopic (exact) mass is 247 g/mol. The van der Waals surface area contributed by atoms with Gasteiger partial charge in [-0.3, -0.25) is 4.79 Å². The lowest BCUT2D eigenvalue weighted by molar-refractivity contribution is 0.101. The van der Waals surface area contributed by atoms with Gasteiger partial charge in [0.1, 0.15) is 12.3 Å². The number of benzene rings is 1. The van der Waals surface area contributed by atoms with E-state index < -0.39 is 5.91 Å². The van der Waals surface area contributed by atoms with Gasteiger partial charge in [-0.1, -0.05) is 16.8 Å². The minimum Gasteiger partial charge on any atom is -0.364 e. The van der Waals surface area contributed by atoms with E-state index in [0.29, 0.717) is 16.3 Å².